The lowest BCUT2D eigenvalue weighted by molar-refractivity contribution is -0.121. The van der Waals surface area contributed by atoms with Crippen molar-refractivity contribution in [1.82, 2.24) is 5.32 Å². The van der Waals surface area contributed by atoms with Crippen molar-refractivity contribution in [2.45, 2.75) is 18.4 Å². The maximum absolute atomic E-state index is 11.7. The average Bonchev–Trinajstić information content (AvgIpc) is 2.43. The van der Waals surface area contributed by atoms with Gasteiger partial charge in [0.05, 0.1) is 5.69 Å². The van der Waals surface area contributed by atoms with Gasteiger partial charge >= 0.3 is 0 Å². The van der Waals surface area contributed by atoms with Gasteiger partial charge in [-0.3, -0.25) is 4.79 Å². The van der Waals surface area contributed by atoms with E-state index < -0.39 is 5.60 Å². The maximum Gasteiger partial charge on any atom is 0.264 e. The molecule has 2 heterocycles. The van der Waals surface area contributed by atoms with Crippen LogP contribution < -0.4 is 15.0 Å². The second-order valence-electron chi connectivity index (χ2n) is 5.24. The topological polar surface area (TPSA) is 61.8 Å². The molecular weight excluding hydrogens is 244 g/mol. The number of carbonyl (C=O) groups excluding carboxylic acids is 1. The first-order valence-electron chi connectivity index (χ1n) is 6.57. The Hall–Kier alpha value is -1.59. The van der Waals surface area contributed by atoms with Gasteiger partial charge in [0.2, 0.25) is 0 Å². The van der Waals surface area contributed by atoms with Crippen LogP contribution in [-0.2, 0) is 10.4 Å². The van der Waals surface area contributed by atoms with Crippen molar-refractivity contribution in [3.05, 3.63) is 23.8 Å². The fourth-order valence-electron chi connectivity index (χ4n) is 2.70. The average molecular weight is 262 g/mol. The number of likely N-dealkylation sites (N-methyl/N-ethyl adjacent to an activating group) is 1. The van der Waals surface area contributed by atoms with Gasteiger partial charge in [-0.15, -0.1) is 0 Å². The Morgan fingerprint density at radius 2 is 2.32 bits per heavy atom. The largest absolute Gasteiger partial charge is 0.482 e. The van der Waals surface area contributed by atoms with Gasteiger partial charge in [0, 0.05) is 13.6 Å². The summed E-state index contributed by atoms with van der Waals surface area (Å²) < 4.78 is 5.39. The highest BCUT2D eigenvalue weighted by Crippen LogP contribution is 2.37. The Labute approximate surface area is 112 Å². The number of anilines is 1. The number of piperidine rings is 1. The highest BCUT2D eigenvalue weighted by molar-refractivity contribution is 5.97. The Morgan fingerprint density at radius 3 is 3.05 bits per heavy atom. The molecule has 2 N–H and O–H groups in total. The van der Waals surface area contributed by atoms with E-state index in [0.29, 0.717) is 12.3 Å². The molecule has 5 nitrogen and oxygen atoms in total. The summed E-state index contributed by atoms with van der Waals surface area (Å²) in [5, 5.41) is 13.9. The molecule has 1 fully saturated rings. The number of fused-ring (bicyclic) bond motifs is 1. The van der Waals surface area contributed by atoms with Crippen LogP contribution in [0.3, 0.4) is 0 Å². The maximum atomic E-state index is 11.7. The number of amides is 1. The lowest BCUT2D eigenvalue weighted by Gasteiger charge is -2.34. The second kappa shape index (κ2) is 4.51. The van der Waals surface area contributed by atoms with Crippen LogP contribution in [-0.4, -0.2) is 37.8 Å². The standard InChI is InChI=1S/C14H18N2O3/c1-16-11-7-10(14(18)5-2-6-15-9-14)3-4-12(11)19-8-13(16)17/h3-4,7,15,18H,2,5-6,8-9H2,1H3. The summed E-state index contributed by atoms with van der Waals surface area (Å²) >= 11 is 0. The van der Waals surface area contributed by atoms with Gasteiger partial charge in [-0.1, -0.05) is 6.07 Å². The summed E-state index contributed by atoms with van der Waals surface area (Å²) in [5.74, 6) is 0.622. The number of nitrogens with zero attached hydrogens (tertiary/aromatic N) is 1. The van der Waals surface area contributed by atoms with Crippen molar-refractivity contribution in [3.8, 4) is 5.75 Å². The number of carbonyl (C=O) groups is 1. The minimum Gasteiger partial charge on any atom is -0.482 e. The lowest BCUT2D eigenvalue weighted by Crippen LogP contribution is -2.43. The van der Waals surface area contributed by atoms with Gasteiger partial charge in [0.15, 0.2) is 6.61 Å². The molecule has 1 atom stereocenters. The van der Waals surface area contributed by atoms with Crippen molar-refractivity contribution in [3.63, 3.8) is 0 Å². The molecule has 0 saturated carbocycles. The Morgan fingerprint density at radius 1 is 1.47 bits per heavy atom. The number of benzene rings is 1. The van der Waals surface area contributed by atoms with Gasteiger partial charge in [0.1, 0.15) is 11.4 Å². The molecule has 1 aromatic rings. The normalized spacial score (nSPS) is 26.8. The molecular formula is C14H18N2O3. The number of β-amino-alcohol motifs (C(OH)–C–C–N with tert-alkyl or cyclic N) is 1. The molecule has 0 bridgehead atoms. The van der Waals surface area contributed by atoms with Crippen LogP contribution in [0, 0.1) is 0 Å². The predicted molar refractivity (Wildman–Crippen MR) is 71.3 cm³/mol. The Kier molecular flexibility index (Phi) is 2.95. The van der Waals surface area contributed by atoms with Gasteiger partial charge < -0.3 is 20.1 Å². The van der Waals surface area contributed by atoms with E-state index >= 15 is 0 Å². The first kappa shape index (κ1) is 12.4. The summed E-state index contributed by atoms with van der Waals surface area (Å²) in [5.41, 5.74) is 0.713. The van der Waals surface area contributed by atoms with Gasteiger partial charge in [-0.2, -0.15) is 0 Å². The van der Waals surface area contributed by atoms with E-state index in [2.05, 4.69) is 5.32 Å². The van der Waals surface area contributed by atoms with Crippen LogP contribution >= 0.6 is 0 Å². The lowest BCUT2D eigenvalue weighted by atomic mass is 9.86. The zero-order valence-electron chi connectivity index (χ0n) is 11.0. The molecule has 1 aromatic carbocycles. The first-order chi connectivity index (χ1) is 9.10. The van der Waals surface area contributed by atoms with Gasteiger partial charge in [0.25, 0.3) is 5.91 Å². The van der Waals surface area contributed by atoms with Gasteiger partial charge in [-0.05, 0) is 37.1 Å². The van der Waals surface area contributed by atoms with Crippen molar-refractivity contribution in [2.75, 3.05) is 31.6 Å². The van der Waals surface area contributed by atoms with Gasteiger partial charge in [-0.25, -0.2) is 0 Å². The van der Waals surface area contributed by atoms with E-state index in [4.69, 9.17) is 4.74 Å². The van der Waals surface area contributed by atoms with Crippen molar-refractivity contribution >= 4 is 11.6 Å². The molecule has 0 aromatic heterocycles. The summed E-state index contributed by atoms with van der Waals surface area (Å²) in [6, 6.07) is 5.58. The molecule has 2 aliphatic heterocycles. The van der Waals surface area contributed by atoms with Crippen molar-refractivity contribution in [2.24, 2.45) is 0 Å². The minimum absolute atomic E-state index is 0.0709. The molecule has 102 valence electrons. The van der Waals surface area contributed by atoms with Crippen LogP contribution in [0.4, 0.5) is 5.69 Å². The smallest absolute Gasteiger partial charge is 0.264 e. The van der Waals surface area contributed by atoms with E-state index in [1.54, 1.807) is 11.9 Å². The summed E-state index contributed by atoms with van der Waals surface area (Å²) in [6.07, 6.45) is 1.68. The third kappa shape index (κ3) is 2.09. The molecule has 2 aliphatic rings. The van der Waals surface area contributed by atoms with E-state index in [1.807, 2.05) is 18.2 Å². The molecule has 1 unspecified atom stereocenters. The summed E-state index contributed by atoms with van der Waals surface area (Å²) in [6.45, 7) is 1.56. The zero-order valence-corrected chi connectivity index (χ0v) is 11.0. The number of nitrogens with one attached hydrogen (secondary N) is 1. The number of hydrogen-bond donors (Lipinski definition) is 2. The molecule has 3 rings (SSSR count). The fraction of sp³-hybridized carbons (Fsp3) is 0.500. The first-order valence-corrected chi connectivity index (χ1v) is 6.57. The molecule has 5 heteroatoms. The SMILES string of the molecule is CN1C(=O)COc2ccc(C3(O)CCCNC3)cc21. The highest BCUT2D eigenvalue weighted by atomic mass is 16.5. The molecule has 0 radical (unpaired) electrons. The van der Waals surface area contributed by atoms with E-state index in [1.165, 1.54) is 0 Å². The third-order valence-electron chi connectivity index (χ3n) is 3.94. The third-order valence-corrected chi connectivity index (χ3v) is 3.94. The number of aliphatic hydroxyl groups is 1. The predicted octanol–water partition coefficient (Wildman–Crippen LogP) is 0.613. The summed E-state index contributed by atoms with van der Waals surface area (Å²) in [4.78, 5) is 13.2. The minimum atomic E-state index is -0.853. The Bertz CT molecular complexity index is 509. The molecule has 19 heavy (non-hydrogen) atoms. The number of hydrogen-bond acceptors (Lipinski definition) is 4. The second-order valence-corrected chi connectivity index (χ2v) is 5.24. The zero-order chi connectivity index (χ0) is 13.5. The van der Waals surface area contributed by atoms with Crippen LogP contribution in [0.2, 0.25) is 0 Å². The van der Waals surface area contributed by atoms with Crippen LogP contribution in [0.5, 0.6) is 5.75 Å². The number of rotatable bonds is 1. The van der Waals surface area contributed by atoms with E-state index in [-0.39, 0.29) is 12.5 Å². The Balaban J connectivity index is 1.98. The van der Waals surface area contributed by atoms with E-state index in [0.717, 1.165) is 30.6 Å². The monoisotopic (exact) mass is 262 g/mol. The van der Waals surface area contributed by atoms with Crippen molar-refractivity contribution < 1.29 is 14.6 Å². The molecule has 1 amide bonds. The number of ether oxygens (including phenoxy) is 1. The van der Waals surface area contributed by atoms with Crippen molar-refractivity contribution in [1.29, 1.82) is 0 Å². The van der Waals surface area contributed by atoms with Crippen LogP contribution in [0.1, 0.15) is 18.4 Å². The fourth-order valence-corrected chi connectivity index (χ4v) is 2.70. The highest BCUT2D eigenvalue weighted by Gasteiger charge is 2.33. The molecule has 0 spiro atoms. The quantitative estimate of drug-likeness (QED) is 0.778. The molecule has 1 saturated heterocycles. The summed E-state index contributed by atoms with van der Waals surface area (Å²) in [7, 11) is 1.73. The van der Waals surface area contributed by atoms with E-state index in [9.17, 15) is 9.90 Å². The van der Waals surface area contributed by atoms with Crippen LogP contribution in [0.25, 0.3) is 0 Å². The van der Waals surface area contributed by atoms with Crippen LogP contribution in [0.15, 0.2) is 18.2 Å². The molecule has 0 aliphatic carbocycles.